The minimum absolute atomic E-state index is 0. The molecule has 3 aliphatic rings. The van der Waals surface area contributed by atoms with E-state index in [0.717, 1.165) is 51.2 Å². The molecule has 0 saturated carbocycles. The topological polar surface area (TPSA) is 46.4 Å². The van der Waals surface area contributed by atoms with Gasteiger partial charge in [0.05, 0.1) is 22.5 Å². The van der Waals surface area contributed by atoms with E-state index in [9.17, 15) is 0 Å². The molecule has 0 saturated heterocycles. The minimum Gasteiger partial charge on any atom is -0.439 e. The van der Waals surface area contributed by atoms with Crippen molar-refractivity contribution in [3.63, 3.8) is 0 Å². The summed E-state index contributed by atoms with van der Waals surface area (Å²) < 4.78 is 0. The van der Waals surface area contributed by atoms with Crippen LogP contribution in [-0.4, -0.2) is 10.1 Å². The van der Waals surface area contributed by atoms with E-state index in [0.29, 0.717) is 0 Å². The molecule has 0 N–H and O–H groups in total. The van der Waals surface area contributed by atoms with Crippen molar-refractivity contribution >= 4 is 34.4 Å². The quantitative estimate of drug-likeness (QED) is 0.130. The SMILES string of the molecule is CC(C)(C)c1ccc2c(c1)-c1cc(C(C)(C)C)ccc1C2(c1[c-]c(N2c3ccccc3C(C)(C)c3cn[n-]c32)ccc1)c1cccc(N2c3ccccc3C(C)(C)c3ccccc32)n1.[Au+3].[CH3-]. The fourth-order valence-electron chi connectivity index (χ4n) is 11.0. The molecule has 0 spiro atoms. The molecule has 334 valence electrons. The van der Waals surface area contributed by atoms with E-state index >= 15 is 0 Å². The molecule has 11 rings (SSSR count). The van der Waals surface area contributed by atoms with Crippen molar-refractivity contribution in [1.29, 1.82) is 0 Å². The molecular formula is C60H58AuN5. The number of fused-ring (bicyclic) bond motifs is 7. The van der Waals surface area contributed by atoms with Gasteiger partial charge in [0.15, 0.2) is 0 Å². The Bertz CT molecular complexity index is 3060. The molecule has 8 aromatic rings. The summed E-state index contributed by atoms with van der Waals surface area (Å²) in [4.78, 5) is 10.5. The first-order valence-electron chi connectivity index (χ1n) is 22.7. The summed E-state index contributed by atoms with van der Waals surface area (Å²) in [6, 6.07) is 58.0. The van der Waals surface area contributed by atoms with Crippen molar-refractivity contribution in [1.82, 2.24) is 15.2 Å². The molecule has 0 atom stereocenters. The van der Waals surface area contributed by atoms with E-state index in [4.69, 9.17) is 10.1 Å². The first-order valence-corrected chi connectivity index (χ1v) is 22.7. The first-order chi connectivity index (χ1) is 30.5. The van der Waals surface area contributed by atoms with Gasteiger partial charge in [0, 0.05) is 17.0 Å². The van der Waals surface area contributed by atoms with Crippen molar-refractivity contribution in [2.75, 3.05) is 9.80 Å². The van der Waals surface area contributed by atoms with E-state index in [1.807, 2.05) is 6.20 Å². The van der Waals surface area contributed by atoms with Gasteiger partial charge in [-0.05, 0) is 102 Å². The average Bonchev–Trinajstić information content (AvgIpc) is 3.89. The van der Waals surface area contributed by atoms with E-state index in [1.54, 1.807) is 0 Å². The summed E-state index contributed by atoms with van der Waals surface area (Å²) in [6.07, 6.45) is 1.93. The maximum Gasteiger partial charge on any atom is 3.00 e. The number of para-hydroxylation sites is 3. The predicted octanol–water partition coefficient (Wildman–Crippen LogP) is 14.9. The van der Waals surface area contributed by atoms with E-state index in [-0.39, 0.29) is 51.5 Å². The Morgan fingerprint density at radius 1 is 0.515 bits per heavy atom. The van der Waals surface area contributed by atoms with Gasteiger partial charge in [0.1, 0.15) is 5.82 Å². The van der Waals surface area contributed by atoms with E-state index < -0.39 is 5.41 Å². The molecule has 66 heavy (non-hydrogen) atoms. The third-order valence-electron chi connectivity index (χ3n) is 14.6. The first kappa shape index (κ1) is 45.2. The van der Waals surface area contributed by atoms with Gasteiger partial charge in [-0.1, -0.05) is 172 Å². The Kier molecular flexibility index (Phi) is 10.6. The third kappa shape index (κ3) is 6.45. The number of aromatic nitrogens is 3. The molecule has 0 fully saturated rings. The van der Waals surface area contributed by atoms with Crippen LogP contribution in [0.2, 0.25) is 0 Å². The summed E-state index contributed by atoms with van der Waals surface area (Å²) in [5.74, 6) is 1.72. The number of hydrogen-bond acceptors (Lipinski definition) is 4. The molecule has 2 aromatic heterocycles. The van der Waals surface area contributed by atoms with Crippen molar-refractivity contribution < 1.29 is 22.4 Å². The summed E-state index contributed by atoms with van der Waals surface area (Å²) in [7, 11) is 0. The molecular weight excluding hydrogens is 988 g/mol. The van der Waals surface area contributed by atoms with Gasteiger partial charge >= 0.3 is 22.4 Å². The molecule has 2 aliphatic heterocycles. The molecule has 0 bridgehead atoms. The monoisotopic (exact) mass is 1050 g/mol. The largest absolute Gasteiger partial charge is 3.00 e. The van der Waals surface area contributed by atoms with Crippen molar-refractivity contribution in [3.05, 3.63) is 221 Å². The molecule has 0 amide bonds. The molecule has 1 aliphatic carbocycles. The Balaban J connectivity index is 0.00000274. The molecule has 6 aromatic carbocycles. The number of anilines is 6. The Labute approximate surface area is 407 Å². The number of nitrogens with zero attached hydrogens (tertiary/aromatic N) is 5. The van der Waals surface area contributed by atoms with Crippen molar-refractivity contribution in [2.45, 2.75) is 96.3 Å². The van der Waals surface area contributed by atoms with Gasteiger partial charge in [-0.2, -0.15) is 30.0 Å². The molecule has 6 heteroatoms. The number of rotatable bonds is 4. The summed E-state index contributed by atoms with van der Waals surface area (Å²) in [5.41, 5.74) is 17.2. The van der Waals surface area contributed by atoms with E-state index in [2.05, 4.69) is 236 Å². The average molecular weight is 1050 g/mol. The van der Waals surface area contributed by atoms with Crippen LogP contribution in [0.1, 0.15) is 125 Å². The standard InChI is InChI=1S/C59H55N5.CH3.Au/c1-55(2,3)37-29-31-43-41(34-37)42-35-38(56(4,5)6)30-32-44(42)59(43,39-19-17-20-40(33-39)63-49-24-14-11-21-45(49)58(9,10)48-36-60-62-54(48)63)52-27-18-28-53(61-52)64-50-25-15-12-22-46(50)57(7,8)47-23-13-16-26-51(47)64;;/h11-32,34-36H,1-10H3;1H3;/q-2;-1;+3. The van der Waals surface area contributed by atoms with Crippen molar-refractivity contribution in [3.8, 4) is 11.1 Å². The van der Waals surface area contributed by atoms with Gasteiger partial charge in [0.2, 0.25) is 0 Å². The molecule has 0 radical (unpaired) electrons. The zero-order chi connectivity index (χ0) is 44.6. The van der Waals surface area contributed by atoms with Crippen LogP contribution < -0.4 is 14.9 Å². The Morgan fingerprint density at radius 2 is 1.00 bits per heavy atom. The maximum absolute atomic E-state index is 5.91. The zero-order valence-corrected chi connectivity index (χ0v) is 42.1. The van der Waals surface area contributed by atoms with Crippen LogP contribution in [0, 0.1) is 13.5 Å². The van der Waals surface area contributed by atoms with Crippen LogP contribution in [0.5, 0.6) is 0 Å². The van der Waals surface area contributed by atoms with E-state index in [1.165, 1.54) is 50.1 Å². The van der Waals surface area contributed by atoms with Crippen LogP contribution in [0.3, 0.4) is 0 Å². The smallest absolute Gasteiger partial charge is 0.439 e. The normalized spacial score (nSPS) is 15.8. The van der Waals surface area contributed by atoms with Crippen molar-refractivity contribution in [2.24, 2.45) is 0 Å². The third-order valence-corrected chi connectivity index (χ3v) is 14.6. The van der Waals surface area contributed by atoms with Crippen LogP contribution in [0.4, 0.5) is 34.4 Å². The molecule has 0 unspecified atom stereocenters. The van der Waals surface area contributed by atoms with Gasteiger partial charge < -0.3 is 17.4 Å². The zero-order valence-electron chi connectivity index (χ0n) is 40.0. The second kappa shape index (κ2) is 15.6. The Hall–Kier alpha value is -5.98. The number of hydrogen-bond donors (Lipinski definition) is 0. The summed E-state index contributed by atoms with van der Waals surface area (Å²) in [6.45, 7) is 23.0. The van der Waals surface area contributed by atoms with Crippen LogP contribution in [0.25, 0.3) is 11.1 Å². The number of benzene rings is 6. The minimum atomic E-state index is -0.841. The van der Waals surface area contributed by atoms with Gasteiger partial charge in [-0.25, -0.2) is 4.98 Å². The molecule has 5 nitrogen and oxygen atoms in total. The summed E-state index contributed by atoms with van der Waals surface area (Å²) in [5, 5.41) is 9.31. The maximum atomic E-state index is 5.91. The van der Waals surface area contributed by atoms with Crippen LogP contribution >= 0.6 is 0 Å². The number of pyridine rings is 1. The second-order valence-corrected chi connectivity index (χ2v) is 21.2. The predicted molar refractivity (Wildman–Crippen MR) is 269 cm³/mol. The fourth-order valence-corrected chi connectivity index (χ4v) is 11.0. The van der Waals surface area contributed by atoms with Gasteiger partial charge in [0.25, 0.3) is 0 Å². The fraction of sp³-hybridized carbons (Fsp3) is 0.250. The van der Waals surface area contributed by atoms with Gasteiger partial charge in [-0.15, -0.1) is 5.56 Å². The van der Waals surface area contributed by atoms with Crippen LogP contribution in [0.15, 0.2) is 152 Å². The second-order valence-electron chi connectivity index (χ2n) is 21.2. The summed E-state index contributed by atoms with van der Waals surface area (Å²) >= 11 is 0. The molecule has 4 heterocycles. The van der Waals surface area contributed by atoms with Crippen LogP contribution in [-0.2, 0) is 49.5 Å². The van der Waals surface area contributed by atoms with Gasteiger partial charge in [-0.3, -0.25) is 10.00 Å². The Morgan fingerprint density at radius 3 is 1.53 bits per heavy atom.